The number of nitrogens with zero attached hydrogens (tertiary/aromatic N) is 4. The Morgan fingerprint density at radius 2 is 2.00 bits per heavy atom. The molecule has 0 unspecified atom stereocenters. The van der Waals surface area contributed by atoms with Gasteiger partial charge in [-0.25, -0.2) is 9.97 Å². The highest BCUT2D eigenvalue weighted by molar-refractivity contribution is 6.03. The molecule has 23 heavy (non-hydrogen) atoms. The highest BCUT2D eigenvalue weighted by atomic mass is 16.5. The Morgan fingerprint density at radius 1 is 1.26 bits per heavy atom. The van der Waals surface area contributed by atoms with Gasteiger partial charge in [-0.2, -0.15) is 5.26 Å². The van der Waals surface area contributed by atoms with Crippen molar-refractivity contribution in [3.05, 3.63) is 47.8 Å². The smallest absolute Gasteiger partial charge is 0.258 e. The van der Waals surface area contributed by atoms with E-state index >= 15 is 0 Å². The van der Waals surface area contributed by atoms with Crippen LogP contribution < -0.4 is 10.2 Å². The Hall–Kier alpha value is -2.98. The summed E-state index contributed by atoms with van der Waals surface area (Å²) < 4.78 is 5.28. The van der Waals surface area contributed by atoms with Crippen molar-refractivity contribution < 1.29 is 9.53 Å². The van der Waals surface area contributed by atoms with Gasteiger partial charge in [0.15, 0.2) is 0 Å². The third-order valence-corrected chi connectivity index (χ3v) is 3.44. The predicted octanol–water partition coefficient (Wildman–Crippen LogP) is 1.44. The Kier molecular flexibility index (Phi) is 4.45. The van der Waals surface area contributed by atoms with E-state index in [4.69, 9.17) is 10.00 Å². The van der Waals surface area contributed by atoms with Crippen LogP contribution in [0.4, 0.5) is 11.6 Å². The van der Waals surface area contributed by atoms with Gasteiger partial charge in [-0.3, -0.25) is 4.79 Å². The molecule has 2 aromatic rings. The molecule has 2 heterocycles. The van der Waals surface area contributed by atoms with Gasteiger partial charge in [-0.1, -0.05) is 6.07 Å². The quantitative estimate of drug-likeness (QED) is 0.922. The van der Waals surface area contributed by atoms with Crippen LogP contribution in [0.5, 0.6) is 0 Å². The first kappa shape index (κ1) is 14.9. The molecule has 0 aliphatic carbocycles. The minimum Gasteiger partial charge on any atom is -0.378 e. The molecule has 1 aromatic heterocycles. The first-order chi connectivity index (χ1) is 11.3. The van der Waals surface area contributed by atoms with Crippen LogP contribution in [0.2, 0.25) is 0 Å². The third-order valence-electron chi connectivity index (χ3n) is 3.44. The number of hydrogen-bond donors (Lipinski definition) is 1. The number of aromatic nitrogens is 2. The number of anilines is 2. The molecule has 0 spiro atoms. The molecule has 1 N–H and O–H groups in total. The van der Waals surface area contributed by atoms with E-state index in [2.05, 4.69) is 15.3 Å². The summed E-state index contributed by atoms with van der Waals surface area (Å²) in [4.78, 5) is 22.7. The van der Waals surface area contributed by atoms with Crippen molar-refractivity contribution in [2.24, 2.45) is 0 Å². The minimum absolute atomic E-state index is 0.311. The topological polar surface area (TPSA) is 91.1 Å². The van der Waals surface area contributed by atoms with E-state index in [0.717, 1.165) is 13.1 Å². The lowest BCUT2D eigenvalue weighted by atomic mass is 10.2. The lowest BCUT2D eigenvalue weighted by Crippen LogP contribution is -2.37. The summed E-state index contributed by atoms with van der Waals surface area (Å²) in [6.45, 7) is 2.79. The van der Waals surface area contributed by atoms with Crippen molar-refractivity contribution in [2.45, 2.75) is 0 Å². The van der Waals surface area contributed by atoms with E-state index in [-0.39, 0.29) is 5.91 Å². The summed E-state index contributed by atoms with van der Waals surface area (Å²) in [5, 5.41) is 11.6. The first-order valence-corrected chi connectivity index (χ1v) is 7.22. The number of nitrogens with one attached hydrogen (secondary N) is 1. The molecule has 1 aliphatic rings. The van der Waals surface area contributed by atoms with Crippen molar-refractivity contribution in [3.63, 3.8) is 0 Å². The fourth-order valence-electron chi connectivity index (χ4n) is 2.23. The van der Waals surface area contributed by atoms with Crippen molar-refractivity contribution in [1.82, 2.24) is 9.97 Å². The number of ether oxygens (including phenoxy) is 1. The van der Waals surface area contributed by atoms with Gasteiger partial charge in [-0.05, 0) is 18.2 Å². The SMILES string of the molecule is N#Cc1cccc(NC(=O)c2cnc(N3CCOCC3)nc2)c1. The van der Waals surface area contributed by atoms with Crippen LogP contribution >= 0.6 is 0 Å². The minimum atomic E-state index is -0.311. The molecular formula is C16H15N5O2. The van der Waals surface area contributed by atoms with E-state index in [9.17, 15) is 4.79 Å². The average molecular weight is 309 g/mol. The van der Waals surface area contributed by atoms with Gasteiger partial charge in [0.05, 0.1) is 30.4 Å². The Bertz CT molecular complexity index is 733. The molecule has 7 nitrogen and oxygen atoms in total. The molecule has 1 aromatic carbocycles. The van der Waals surface area contributed by atoms with Crippen LogP contribution in [0.1, 0.15) is 15.9 Å². The summed E-state index contributed by atoms with van der Waals surface area (Å²) in [6, 6.07) is 8.76. The molecule has 116 valence electrons. The first-order valence-electron chi connectivity index (χ1n) is 7.22. The van der Waals surface area contributed by atoms with Crippen LogP contribution in [0.25, 0.3) is 0 Å². The third kappa shape index (κ3) is 3.62. The van der Waals surface area contributed by atoms with Gasteiger partial charge >= 0.3 is 0 Å². The second kappa shape index (κ2) is 6.85. The molecule has 0 radical (unpaired) electrons. The summed E-state index contributed by atoms with van der Waals surface area (Å²) in [7, 11) is 0. The second-order valence-corrected chi connectivity index (χ2v) is 5.02. The normalized spacial score (nSPS) is 14.1. The van der Waals surface area contributed by atoms with E-state index < -0.39 is 0 Å². The lowest BCUT2D eigenvalue weighted by Gasteiger charge is -2.26. The number of amides is 1. The van der Waals surface area contributed by atoms with Crippen molar-refractivity contribution in [2.75, 3.05) is 36.5 Å². The fraction of sp³-hybridized carbons (Fsp3) is 0.250. The highest BCUT2D eigenvalue weighted by Crippen LogP contribution is 2.13. The maximum Gasteiger partial charge on any atom is 0.258 e. The van der Waals surface area contributed by atoms with E-state index in [1.54, 1.807) is 24.3 Å². The van der Waals surface area contributed by atoms with E-state index in [1.165, 1.54) is 12.4 Å². The zero-order valence-electron chi connectivity index (χ0n) is 12.4. The van der Waals surface area contributed by atoms with Crippen LogP contribution in [0.15, 0.2) is 36.7 Å². The molecule has 1 fully saturated rings. The maximum absolute atomic E-state index is 12.2. The van der Waals surface area contributed by atoms with Gasteiger partial charge in [0, 0.05) is 31.2 Å². The monoisotopic (exact) mass is 309 g/mol. The molecular weight excluding hydrogens is 294 g/mol. The Labute approximate surface area is 133 Å². The molecule has 7 heteroatoms. The van der Waals surface area contributed by atoms with Gasteiger partial charge < -0.3 is 15.0 Å². The number of nitriles is 1. The molecule has 3 rings (SSSR count). The van der Waals surface area contributed by atoms with Crippen LogP contribution in [-0.4, -0.2) is 42.2 Å². The highest BCUT2D eigenvalue weighted by Gasteiger charge is 2.14. The van der Waals surface area contributed by atoms with Gasteiger partial charge in [0.2, 0.25) is 5.95 Å². The zero-order valence-corrected chi connectivity index (χ0v) is 12.4. The number of hydrogen-bond acceptors (Lipinski definition) is 6. The van der Waals surface area contributed by atoms with E-state index in [0.29, 0.717) is 36.0 Å². The summed E-state index contributed by atoms with van der Waals surface area (Å²) >= 11 is 0. The van der Waals surface area contributed by atoms with Gasteiger partial charge in [0.25, 0.3) is 5.91 Å². The van der Waals surface area contributed by atoms with Crippen molar-refractivity contribution in [1.29, 1.82) is 5.26 Å². The van der Waals surface area contributed by atoms with Crippen molar-refractivity contribution in [3.8, 4) is 6.07 Å². The van der Waals surface area contributed by atoms with Gasteiger partial charge in [0.1, 0.15) is 0 Å². The molecule has 1 amide bonds. The summed E-state index contributed by atoms with van der Waals surface area (Å²) in [5.41, 5.74) is 1.41. The maximum atomic E-state index is 12.2. The Morgan fingerprint density at radius 3 is 2.70 bits per heavy atom. The van der Waals surface area contributed by atoms with Crippen LogP contribution in [0, 0.1) is 11.3 Å². The van der Waals surface area contributed by atoms with Crippen LogP contribution in [-0.2, 0) is 4.74 Å². The largest absolute Gasteiger partial charge is 0.378 e. The second-order valence-electron chi connectivity index (χ2n) is 5.02. The lowest BCUT2D eigenvalue weighted by molar-refractivity contribution is 0.102. The average Bonchev–Trinajstić information content (AvgIpc) is 2.63. The number of morpholine rings is 1. The molecule has 0 bridgehead atoms. The molecule has 1 saturated heterocycles. The fourth-order valence-corrected chi connectivity index (χ4v) is 2.23. The number of benzene rings is 1. The van der Waals surface area contributed by atoms with Gasteiger partial charge in [-0.15, -0.1) is 0 Å². The summed E-state index contributed by atoms with van der Waals surface area (Å²) in [6.07, 6.45) is 3.00. The Balaban J connectivity index is 1.68. The zero-order chi connectivity index (χ0) is 16.1. The predicted molar refractivity (Wildman–Crippen MR) is 84.2 cm³/mol. The molecule has 0 saturated carbocycles. The molecule has 0 atom stereocenters. The summed E-state index contributed by atoms with van der Waals surface area (Å²) in [5.74, 6) is 0.282. The molecule has 1 aliphatic heterocycles. The van der Waals surface area contributed by atoms with E-state index in [1.807, 2.05) is 11.0 Å². The standard InChI is InChI=1S/C16H15N5O2/c17-9-12-2-1-3-14(8-12)20-15(22)13-10-18-16(19-11-13)21-4-6-23-7-5-21/h1-3,8,10-11H,4-7H2,(H,20,22). The number of rotatable bonds is 3. The van der Waals surface area contributed by atoms with Crippen molar-refractivity contribution >= 4 is 17.5 Å². The number of carbonyl (C=O) groups excluding carboxylic acids is 1. The number of carbonyl (C=O) groups is 1. The van der Waals surface area contributed by atoms with Crippen LogP contribution in [0.3, 0.4) is 0 Å².